The lowest BCUT2D eigenvalue weighted by molar-refractivity contribution is -0.117. The predicted octanol–water partition coefficient (Wildman–Crippen LogP) is 4.24. The zero-order chi connectivity index (χ0) is 23.7. The minimum Gasteiger partial charge on any atom is -0.465 e. The summed E-state index contributed by atoms with van der Waals surface area (Å²) >= 11 is 0. The second-order valence-corrected chi connectivity index (χ2v) is 8.11. The van der Waals surface area contributed by atoms with Gasteiger partial charge in [-0.2, -0.15) is 0 Å². The Morgan fingerprint density at radius 2 is 1.88 bits per heavy atom. The first-order valence-electron chi connectivity index (χ1n) is 10.9. The number of likely N-dealkylation sites (N-methyl/N-ethyl adjacent to an activating group) is 1. The van der Waals surface area contributed by atoms with Crippen LogP contribution in [0.2, 0.25) is 0 Å². The number of rotatable bonds is 5. The van der Waals surface area contributed by atoms with Gasteiger partial charge in [-0.15, -0.1) is 0 Å². The number of carbonyl (C=O) groups is 2. The Kier molecular flexibility index (Phi) is 5.55. The number of hydrogen-bond acceptors (Lipinski definition) is 6. The van der Waals surface area contributed by atoms with Gasteiger partial charge in [0.25, 0.3) is 5.91 Å². The lowest BCUT2D eigenvalue weighted by atomic mass is 10.1. The van der Waals surface area contributed by atoms with Crippen LogP contribution in [0.25, 0.3) is 11.3 Å². The molecule has 0 bridgehead atoms. The molecule has 0 radical (unpaired) electrons. The van der Waals surface area contributed by atoms with Gasteiger partial charge in [0, 0.05) is 35.6 Å². The first-order valence-corrected chi connectivity index (χ1v) is 10.9. The first-order chi connectivity index (χ1) is 16.5. The smallest absolute Gasteiger partial charge is 0.251 e. The van der Waals surface area contributed by atoms with Crippen LogP contribution >= 0.6 is 0 Å². The van der Waals surface area contributed by atoms with Crippen LogP contribution in [0.3, 0.4) is 0 Å². The van der Waals surface area contributed by atoms with Crippen molar-refractivity contribution in [3.63, 3.8) is 0 Å². The van der Waals surface area contributed by atoms with Crippen molar-refractivity contribution in [2.75, 3.05) is 17.3 Å². The zero-order valence-corrected chi connectivity index (χ0v) is 18.8. The van der Waals surface area contributed by atoms with Crippen LogP contribution in [-0.4, -0.2) is 28.8 Å². The van der Waals surface area contributed by atoms with Crippen LogP contribution in [0, 0.1) is 6.92 Å². The average Bonchev–Trinajstić information content (AvgIpc) is 3.24. The van der Waals surface area contributed by atoms with Crippen molar-refractivity contribution >= 4 is 29.1 Å². The van der Waals surface area contributed by atoms with E-state index in [0.29, 0.717) is 23.8 Å². The highest BCUT2D eigenvalue weighted by molar-refractivity contribution is 6.01. The first kappa shape index (κ1) is 21.4. The van der Waals surface area contributed by atoms with E-state index in [9.17, 15) is 9.59 Å². The van der Waals surface area contributed by atoms with Crippen LogP contribution in [0.5, 0.6) is 0 Å². The number of fused-ring (bicyclic) bond motifs is 3. The molecular formula is C26H23N5O3. The normalized spacial score (nSPS) is 12.5. The highest BCUT2D eigenvalue weighted by atomic mass is 16.3. The maximum Gasteiger partial charge on any atom is 0.251 e. The third-order valence-electron chi connectivity index (χ3n) is 5.72. The van der Waals surface area contributed by atoms with Crippen molar-refractivity contribution in [3.8, 4) is 11.3 Å². The molecule has 0 aliphatic carbocycles. The zero-order valence-electron chi connectivity index (χ0n) is 18.8. The summed E-state index contributed by atoms with van der Waals surface area (Å²) in [7, 11) is 1.77. The molecule has 1 aliphatic rings. The number of aromatic nitrogens is 2. The van der Waals surface area contributed by atoms with E-state index in [4.69, 9.17) is 9.40 Å². The fourth-order valence-electron chi connectivity index (χ4n) is 3.90. The molecule has 2 aromatic carbocycles. The second kappa shape index (κ2) is 8.82. The quantitative estimate of drug-likeness (QED) is 0.469. The maximum absolute atomic E-state index is 12.5. The topological polar surface area (TPSA) is 100 Å². The van der Waals surface area contributed by atoms with Gasteiger partial charge in [-0.25, -0.2) is 9.97 Å². The Hall–Kier alpha value is -4.46. The Labute approximate surface area is 196 Å². The molecule has 2 amide bonds. The van der Waals surface area contributed by atoms with Gasteiger partial charge in [-0.05, 0) is 49.4 Å². The number of nitrogens with zero attached hydrogens (tertiary/aromatic N) is 3. The highest BCUT2D eigenvalue weighted by Gasteiger charge is 2.24. The van der Waals surface area contributed by atoms with Crippen molar-refractivity contribution in [1.29, 1.82) is 0 Å². The molecule has 0 saturated carbocycles. The minimum atomic E-state index is -0.188. The van der Waals surface area contributed by atoms with Gasteiger partial charge in [0.15, 0.2) is 0 Å². The standard InChI is InChI=1S/C26H23N5O3/c1-16-7-12-20(34-16)15-27-25(33)17-8-10-19(11-9-17)29-26-28-14-18-13-23(32)31(2)22-6-4-3-5-21(22)24(18)30-26/h3-12,14H,13,15H2,1-2H3,(H,27,33)(H,28,29,30). The monoisotopic (exact) mass is 453 g/mol. The van der Waals surface area contributed by atoms with Crippen molar-refractivity contribution in [3.05, 3.63) is 89.5 Å². The maximum atomic E-state index is 12.5. The van der Waals surface area contributed by atoms with Gasteiger partial charge < -0.3 is 20.0 Å². The van der Waals surface area contributed by atoms with E-state index in [1.54, 1.807) is 42.4 Å². The van der Waals surface area contributed by atoms with E-state index < -0.39 is 0 Å². The summed E-state index contributed by atoms with van der Waals surface area (Å²) in [6, 6.07) is 18.5. The molecule has 0 fully saturated rings. The molecule has 8 nitrogen and oxygen atoms in total. The Bertz CT molecular complexity index is 1380. The number of carbonyl (C=O) groups excluding carboxylic acids is 2. The third-order valence-corrected chi connectivity index (χ3v) is 5.72. The molecule has 34 heavy (non-hydrogen) atoms. The summed E-state index contributed by atoms with van der Waals surface area (Å²) in [4.78, 5) is 35.7. The summed E-state index contributed by atoms with van der Waals surface area (Å²) in [6.45, 7) is 2.19. The number of aryl methyl sites for hydroxylation is 1. The molecule has 4 aromatic rings. The molecule has 8 heteroatoms. The molecule has 5 rings (SSSR count). The number of anilines is 3. The molecule has 0 atom stereocenters. The largest absolute Gasteiger partial charge is 0.465 e. The fourth-order valence-corrected chi connectivity index (χ4v) is 3.90. The summed E-state index contributed by atoms with van der Waals surface area (Å²) in [5, 5.41) is 6.03. The number of amides is 2. The van der Waals surface area contributed by atoms with Crippen molar-refractivity contribution in [2.24, 2.45) is 0 Å². The summed E-state index contributed by atoms with van der Waals surface area (Å²) in [6.07, 6.45) is 1.93. The molecule has 2 N–H and O–H groups in total. The van der Waals surface area contributed by atoms with E-state index in [0.717, 1.165) is 34.0 Å². The Morgan fingerprint density at radius 1 is 1.09 bits per heavy atom. The number of para-hydroxylation sites is 1. The second-order valence-electron chi connectivity index (χ2n) is 8.11. The SMILES string of the molecule is Cc1ccc(CNC(=O)c2ccc(Nc3ncc4c(n3)-c3ccccc3N(C)C(=O)C4)cc2)o1. The number of benzene rings is 2. The van der Waals surface area contributed by atoms with Crippen molar-refractivity contribution in [2.45, 2.75) is 19.9 Å². The number of hydrogen-bond donors (Lipinski definition) is 2. The van der Waals surface area contributed by atoms with E-state index in [2.05, 4.69) is 15.6 Å². The van der Waals surface area contributed by atoms with E-state index in [1.807, 2.05) is 43.3 Å². The molecule has 0 spiro atoms. The van der Waals surface area contributed by atoms with Crippen LogP contribution in [0.1, 0.15) is 27.4 Å². The summed E-state index contributed by atoms with van der Waals surface area (Å²) < 4.78 is 5.48. The van der Waals surface area contributed by atoms with Crippen LogP contribution in [0.4, 0.5) is 17.3 Å². The van der Waals surface area contributed by atoms with Gasteiger partial charge in [0.1, 0.15) is 11.5 Å². The molecule has 0 saturated heterocycles. The van der Waals surface area contributed by atoms with E-state index in [-0.39, 0.29) is 18.2 Å². The Balaban J connectivity index is 1.32. The number of nitrogens with one attached hydrogen (secondary N) is 2. The van der Waals surface area contributed by atoms with E-state index in [1.165, 1.54) is 0 Å². The third kappa shape index (κ3) is 4.25. The Morgan fingerprint density at radius 3 is 2.65 bits per heavy atom. The molecule has 2 aromatic heterocycles. The average molecular weight is 454 g/mol. The fraction of sp³-hybridized carbons (Fsp3) is 0.154. The van der Waals surface area contributed by atoms with Crippen LogP contribution in [0.15, 0.2) is 71.3 Å². The predicted molar refractivity (Wildman–Crippen MR) is 129 cm³/mol. The van der Waals surface area contributed by atoms with Crippen molar-refractivity contribution < 1.29 is 14.0 Å². The molecule has 3 heterocycles. The van der Waals surface area contributed by atoms with Crippen LogP contribution < -0.4 is 15.5 Å². The van der Waals surface area contributed by atoms with Gasteiger partial charge in [-0.1, -0.05) is 18.2 Å². The molecule has 170 valence electrons. The van der Waals surface area contributed by atoms with E-state index >= 15 is 0 Å². The van der Waals surface area contributed by atoms with Gasteiger partial charge >= 0.3 is 0 Å². The van der Waals surface area contributed by atoms with Crippen molar-refractivity contribution in [1.82, 2.24) is 15.3 Å². The highest BCUT2D eigenvalue weighted by Crippen LogP contribution is 2.35. The summed E-state index contributed by atoms with van der Waals surface area (Å²) in [5.41, 5.74) is 4.49. The molecular weight excluding hydrogens is 430 g/mol. The van der Waals surface area contributed by atoms with Gasteiger partial charge in [0.05, 0.1) is 24.3 Å². The lowest BCUT2D eigenvalue weighted by Gasteiger charge is -2.16. The summed E-state index contributed by atoms with van der Waals surface area (Å²) in [5.74, 6) is 1.73. The minimum absolute atomic E-state index is 0.00782. The lowest BCUT2D eigenvalue weighted by Crippen LogP contribution is -2.26. The molecule has 1 aliphatic heterocycles. The van der Waals surface area contributed by atoms with Crippen LogP contribution in [-0.2, 0) is 17.8 Å². The van der Waals surface area contributed by atoms with Gasteiger partial charge in [0.2, 0.25) is 11.9 Å². The van der Waals surface area contributed by atoms with Gasteiger partial charge in [-0.3, -0.25) is 9.59 Å². The number of furan rings is 1. The molecule has 0 unspecified atom stereocenters.